The van der Waals surface area contributed by atoms with Crippen molar-refractivity contribution >= 4 is 11.4 Å². The normalized spacial score (nSPS) is 10.2. The van der Waals surface area contributed by atoms with Crippen LogP contribution in [0.15, 0.2) is 30.6 Å². The summed E-state index contributed by atoms with van der Waals surface area (Å²) in [6.45, 7) is 1.29. The fourth-order valence-electron chi connectivity index (χ4n) is 1.76. The van der Waals surface area contributed by atoms with Gasteiger partial charge in [0.1, 0.15) is 11.4 Å². The van der Waals surface area contributed by atoms with Gasteiger partial charge in [0.2, 0.25) is 0 Å². The van der Waals surface area contributed by atoms with Crippen LogP contribution in [0.4, 0.5) is 11.4 Å². The second-order valence-corrected chi connectivity index (χ2v) is 4.09. The molecule has 0 spiro atoms. The highest BCUT2D eigenvalue weighted by Gasteiger charge is 2.13. The molecular weight excluding hydrogens is 262 g/mol. The number of nitro groups is 1. The van der Waals surface area contributed by atoms with Crippen LogP contribution in [0.3, 0.4) is 0 Å². The Balaban J connectivity index is 1.95. The lowest BCUT2D eigenvalue weighted by Gasteiger charge is -2.08. The molecule has 8 heteroatoms. The minimum Gasteiger partial charge on any atom is -0.497 e. The van der Waals surface area contributed by atoms with E-state index in [-0.39, 0.29) is 5.69 Å². The second kappa shape index (κ2) is 6.50. The molecule has 0 saturated carbocycles. The van der Waals surface area contributed by atoms with E-state index in [0.717, 1.165) is 6.42 Å². The Morgan fingerprint density at radius 1 is 1.50 bits per heavy atom. The van der Waals surface area contributed by atoms with Crippen LogP contribution in [0.1, 0.15) is 6.42 Å². The lowest BCUT2D eigenvalue weighted by molar-refractivity contribution is -0.384. The van der Waals surface area contributed by atoms with Gasteiger partial charge in [0.25, 0.3) is 5.69 Å². The number of benzene rings is 1. The molecule has 0 aliphatic heterocycles. The van der Waals surface area contributed by atoms with Crippen molar-refractivity contribution in [3.8, 4) is 5.75 Å². The van der Waals surface area contributed by atoms with E-state index < -0.39 is 4.92 Å². The molecule has 0 aliphatic rings. The van der Waals surface area contributed by atoms with Crippen molar-refractivity contribution in [1.82, 2.24) is 15.0 Å². The average molecular weight is 277 g/mol. The predicted molar refractivity (Wildman–Crippen MR) is 72.8 cm³/mol. The van der Waals surface area contributed by atoms with Gasteiger partial charge in [-0.1, -0.05) is 5.21 Å². The monoisotopic (exact) mass is 277 g/mol. The van der Waals surface area contributed by atoms with Crippen molar-refractivity contribution in [3.63, 3.8) is 0 Å². The molecule has 0 fully saturated rings. The first-order valence-electron chi connectivity index (χ1n) is 6.11. The maximum atomic E-state index is 10.9. The van der Waals surface area contributed by atoms with Gasteiger partial charge in [-0.25, -0.2) is 0 Å². The molecule has 1 N–H and O–H groups in total. The third kappa shape index (κ3) is 3.44. The molecule has 0 saturated heterocycles. The van der Waals surface area contributed by atoms with E-state index in [1.165, 1.54) is 13.2 Å². The Hall–Kier alpha value is -2.64. The van der Waals surface area contributed by atoms with E-state index in [9.17, 15) is 10.1 Å². The lowest BCUT2D eigenvalue weighted by Crippen LogP contribution is -2.08. The molecule has 0 radical (unpaired) electrons. The zero-order valence-electron chi connectivity index (χ0n) is 11.0. The summed E-state index contributed by atoms with van der Waals surface area (Å²) in [6.07, 6.45) is 4.16. The summed E-state index contributed by atoms with van der Waals surface area (Å²) in [6, 6.07) is 4.62. The number of anilines is 1. The molecule has 8 nitrogen and oxygen atoms in total. The summed E-state index contributed by atoms with van der Waals surface area (Å²) in [5.41, 5.74) is 0.486. The number of rotatable bonds is 7. The van der Waals surface area contributed by atoms with Gasteiger partial charge in [-0.15, -0.1) is 5.10 Å². The van der Waals surface area contributed by atoms with Crippen LogP contribution in [0.5, 0.6) is 5.75 Å². The Kier molecular flexibility index (Phi) is 4.48. The smallest absolute Gasteiger partial charge is 0.292 e. The summed E-state index contributed by atoms with van der Waals surface area (Å²) in [7, 11) is 1.52. The van der Waals surface area contributed by atoms with Gasteiger partial charge in [-0.3, -0.25) is 14.8 Å². The number of nitro benzene ring substituents is 1. The van der Waals surface area contributed by atoms with Crippen LogP contribution in [0.2, 0.25) is 0 Å². The van der Waals surface area contributed by atoms with E-state index in [0.29, 0.717) is 24.5 Å². The molecule has 0 bridgehead atoms. The highest BCUT2D eigenvalue weighted by Crippen LogP contribution is 2.28. The Labute approximate surface area is 115 Å². The van der Waals surface area contributed by atoms with E-state index >= 15 is 0 Å². The summed E-state index contributed by atoms with van der Waals surface area (Å²) in [5.74, 6) is 0.578. The fraction of sp³-hybridized carbons (Fsp3) is 0.333. The number of aryl methyl sites for hydroxylation is 1. The average Bonchev–Trinajstić information content (AvgIpc) is 2.96. The van der Waals surface area contributed by atoms with Crippen molar-refractivity contribution < 1.29 is 9.66 Å². The number of hydrogen-bond acceptors (Lipinski definition) is 6. The predicted octanol–water partition coefficient (Wildman–Crippen LogP) is 1.70. The summed E-state index contributed by atoms with van der Waals surface area (Å²) >= 11 is 0. The molecule has 0 amide bonds. The van der Waals surface area contributed by atoms with E-state index in [4.69, 9.17) is 4.74 Å². The van der Waals surface area contributed by atoms with Crippen LogP contribution >= 0.6 is 0 Å². The standard InChI is InChI=1S/C12H15N5O3/c1-20-10-3-4-12(17(18)19)11(9-10)13-5-2-7-16-8-6-14-15-16/h3-4,6,8-9,13H,2,5,7H2,1H3. The minimum atomic E-state index is -0.417. The Morgan fingerprint density at radius 3 is 3.00 bits per heavy atom. The van der Waals surface area contributed by atoms with Crippen LogP contribution in [-0.4, -0.2) is 33.6 Å². The molecule has 0 atom stereocenters. The van der Waals surface area contributed by atoms with E-state index in [1.807, 2.05) is 0 Å². The van der Waals surface area contributed by atoms with Crippen molar-refractivity contribution in [3.05, 3.63) is 40.7 Å². The van der Waals surface area contributed by atoms with Gasteiger partial charge >= 0.3 is 0 Å². The van der Waals surface area contributed by atoms with Crippen molar-refractivity contribution in [1.29, 1.82) is 0 Å². The zero-order valence-corrected chi connectivity index (χ0v) is 11.0. The number of ether oxygens (including phenoxy) is 1. The van der Waals surface area contributed by atoms with Gasteiger partial charge in [0.15, 0.2) is 0 Å². The van der Waals surface area contributed by atoms with Gasteiger partial charge in [-0.2, -0.15) is 0 Å². The second-order valence-electron chi connectivity index (χ2n) is 4.09. The minimum absolute atomic E-state index is 0.0338. The van der Waals surface area contributed by atoms with E-state index in [1.54, 1.807) is 29.2 Å². The topological polar surface area (TPSA) is 95.1 Å². The largest absolute Gasteiger partial charge is 0.497 e. The highest BCUT2D eigenvalue weighted by molar-refractivity contribution is 5.64. The molecule has 1 heterocycles. The molecule has 2 rings (SSSR count). The highest BCUT2D eigenvalue weighted by atomic mass is 16.6. The van der Waals surface area contributed by atoms with Gasteiger partial charge in [0.05, 0.1) is 18.2 Å². The number of nitrogens with one attached hydrogen (secondary N) is 1. The number of nitrogens with zero attached hydrogens (tertiary/aromatic N) is 4. The molecule has 2 aromatic rings. The molecule has 1 aromatic heterocycles. The van der Waals surface area contributed by atoms with Gasteiger partial charge < -0.3 is 10.1 Å². The van der Waals surface area contributed by atoms with Crippen LogP contribution in [-0.2, 0) is 6.54 Å². The van der Waals surface area contributed by atoms with Crippen LogP contribution in [0, 0.1) is 10.1 Å². The molecule has 106 valence electrons. The molecular formula is C12H15N5O3. The van der Waals surface area contributed by atoms with Crippen molar-refractivity contribution in [2.45, 2.75) is 13.0 Å². The van der Waals surface area contributed by atoms with Crippen LogP contribution in [0.25, 0.3) is 0 Å². The Morgan fingerprint density at radius 2 is 2.35 bits per heavy atom. The number of methoxy groups -OCH3 is 1. The maximum Gasteiger partial charge on any atom is 0.292 e. The first-order chi connectivity index (χ1) is 9.70. The lowest BCUT2D eigenvalue weighted by atomic mass is 10.2. The molecule has 0 aliphatic carbocycles. The SMILES string of the molecule is COc1ccc([N+](=O)[O-])c(NCCCn2ccnn2)c1. The third-order valence-electron chi connectivity index (χ3n) is 2.75. The van der Waals surface area contributed by atoms with E-state index in [2.05, 4.69) is 15.6 Å². The summed E-state index contributed by atoms with van der Waals surface area (Å²) in [5, 5.41) is 21.5. The number of aromatic nitrogens is 3. The fourth-order valence-corrected chi connectivity index (χ4v) is 1.76. The van der Waals surface area contributed by atoms with Crippen molar-refractivity contribution in [2.75, 3.05) is 19.0 Å². The zero-order chi connectivity index (χ0) is 14.4. The molecule has 0 unspecified atom stereocenters. The van der Waals surface area contributed by atoms with Crippen molar-refractivity contribution in [2.24, 2.45) is 0 Å². The first-order valence-corrected chi connectivity index (χ1v) is 6.11. The van der Waals surface area contributed by atoms with Crippen LogP contribution < -0.4 is 10.1 Å². The van der Waals surface area contributed by atoms with Gasteiger partial charge in [0, 0.05) is 31.4 Å². The quantitative estimate of drug-likeness (QED) is 0.470. The third-order valence-corrected chi connectivity index (χ3v) is 2.75. The Bertz CT molecular complexity index is 570. The number of hydrogen-bond donors (Lipinski definition) is 1. The molecule has 20 heavy (non-hydrogen) atoms. The maximum absolute atomic E-state index is 10.9. The first kappa shape index (κ1) is 13.8. The summed E-state index contributed by atoms with van der Waals surface area (Å²) in [4.78, 5) is 10.5. The van der Waals surface area contributed by atoms with Gasteiger partial charge in [-0.05, 0) is 12.5 Å². The molecule has 1 aromatic carbocycles. The summed E-state index contributed by atoms with van der Waals surface area (Å²) < 4.78 is 6.78.